The number of unbranched alkanes of at least 4 members (excludes halogenated alkanes) is 3. The monoisotopic (exact) mass is 438 g/mol. The fraction of sp³-hybridized carbons (Fsp3) is 0.609. The Labute approximate surface area is 182 Å². The average Bonchev–Trinajstić information content (AvgIpc) is 2.73. The maximum Gasteiger partial charge on any atom is 0.500 e. The van der Waals surface area contributed by atoms with Gasteiger partial charge in [0.2, 0.25) is 0 Å². The van der Waals surface area contributed by atoms with Crippen LogP contribution in [-0.4, -0.2) is 47.8 Å². The van der Waals surface area contributed by atoms with E-state index in [4.69, 9.17) is 22.8 Å². The molecular weight excluding hydrogens is 400 g/mol. The Morgan fingerprint density at radius 3 is 2.00 bits per heavy atom. The summed E-state index contributed by atoms with van der Waals surface area (Å²) < 4.78 is 28.3. The molecule has 0 aliphatic rings. The molecule has 0 aromatic heterocycles. The van der Waals surface area contributed by atoms with Crippen LogP contribution >= 0.6 is 0 Å². The van der Waals surface area contributed by atoms with Crippen LogP contribution in [-0.2, 0) is 22.8 Å². The van der Waals surface area contributed by atoms with Crippen LogP contribution < -0.4 is 4.74 Å². The van der Waals surface area contributed by atoms with Crippen molar-refractivity contribution in [3.63, 3.8) is 0 Å². The second kappa shape index (κ2) is 16.1. The zero-order chi connectivity index (χ0) is 22.1. The summed E-state index contributed by atoms with van der Waals surface area (Å²) in [5.74, 6) is 0.500. The maximum atomic E-state index is 11.3. The average molecular weight is 439 g/mol. The lowest BCUT2D eigenvalue weighted by Crippen LogP contribution is -2.45. The Kier molecular flexibility index (Phi) is 14.1. The molecule has 1 rings (SSSR count). The zero-order valence-electron chi connectivity index (χ0n) is 19.0. The molecule has 1 aromatic carbocycles. The van der Waals surface area contributed by atoms with Crippen molar-refractivity contribution < 1.29 is 27.5 Å². The van der Waals surface area contributed by atoms with Gasteiger partial charge in [0.1, 0.15) is 5.75 Å². The van der Waals surface area contributed by atoms with Gasteiger partial charge in [-0.2, -0.15) is 0 Å². The normalized spacial score (nSPS) is 11.7. The molecule has 0 bridgehead atoms. The Morgan fingerprint density at radius 1 is 0.833 bits per heavy atom. The van der Waals surface area contributed by atoms with E-state index in [1.54, 1.807) is 13.0 Å². The van der Waals surface area contributed by atoms with Crippen molar-refractivity contribution in [2.75, 3.05) is 33.0 Å². The number of benzene rings is 1. The molecule has 0 saturated carbocycles. The van der Waals surface area contributed by atoms with Crippen LogP contribution in [0.1, 0.15) is 58.9 Å². The molecule has 0 radical (unpaired) electrons. The zero-order valence-corrected chi connectivity index (χ0v) is 20.0. The summed E-state index contributed by atoms with van der Waals surface area (Å²) in [5, 5.41) is 0. The highest BCUT2D eigenvalue weighted by molar-refractivity contribution is 6.60. The molecule has 170 valence electrons. The predicted octanol–water partition coefficient (Wildman–Crippen LogP) is 5.25. The van der Waals surface area contributed by atoms with Gasteiger partial charge in [0.25, 0.3) is 0 Å². The minimum Gasteiger partial charge on any atom is -0.494 e. The van der Waals surface area contributed by atoms with Crippen LogP contribution in [0.5, 0.6) is 5.75 Å². The molecule has 0 unspecified atom stereocenters. The summed E-state index contributed by atoms with van der Waals surface area (Å²) in [5.41, 5.74) is 0.931. The SMILES string of the molecule is CCOC(=O)C=Cc1ccc(OCCCCCC[Si](OCC)(OCC)OCC)cc1. The fourth-order valence-corrected chi connectivity index (χ4v) is 5.70. The van der Waals surface area contributed by atoms with Crippen molar-refractivity contribution in [1.29, 1.82) is 0 Å². The number of hydrogen-bond acceptors (Lipinski definition) is 6. The maximum absolute atomic E-state index is 11.3. The third kappa shape index (κ3) is 10.9. The summed E-state index contributed by atoms with van der Waals surface area (Å²) in [4.78, 5) is 11.3. The fourth-order valence-electron chi connectivity index (χ4n) is 3.02. The Balaban J connectivity index is 2.26. The lowest BCUT2D eigenvalue weighted by atomic mass is 10.2. The van der Waals surface area contributed by atoms with E-state index < -0.39 is 8.80 Å². The number of carbonyl (C=O) groups excluding carboxylic acids is 1. The third-order valence-corrected chi connectivity index (χ3v) is 7.47. The minimum atomic E-state index is -2.51. The summed E-state index contributed by atoms with van der Waals surface area (Å²) >= 11 is 0. The van der Waals surface area contributed by atoms with E-state index in [-0.39, 0.29) is 5.97 Å². The van der Waals surface area contributed by atoms with Gasteiger partial charge in [0.05, 0.1) is 13.2 Å². The van der Waals surface area contributed by atoms with Crippen molar-refractivity contribution in [2.24, 2.45) is 0 Å². The van der Waals surface area contributed by atoms with E-state index >= 15 is 0 Å². The summed E-state index contributed by atoms with van der Waals surface area (Å²) in [7, 11) is -2.51. The molecule has 0 aliphatic carbocycles. The largest absolute Gasteiger partial charge is 0.500 e. The molecule has 0 N–H and O–H groups in total. The predicted molar refractivity (Wildman–Crippen MR) is 122 cm³/mol. The lowest BCUT2D eigenvalue weighted by molar-refractivity contribution is -0.137. The first-order chi connectivity index (χ1) is 14.6. The molecule has 0 fully saturated rings. The molecule has 0 heterocycles. The second-order valence-corrected chi connectivity index (χ2v) is 9.38. The first kappa shape index (κ1) is 26.4. The van der Waals surface area contributed by atoms with Gasteiger partial charge in [-0.05, 0) is 64.3 Å². The molecule has 0 amide bonds. The Hall–Kier alpha value is -1.67. The highest BCUT2D eigenvalue weighted by Gasteiger charge is 2.39. The quantitative estimate of drug-likeness (QED) is 0.143. The molecule has 0 spiro atoms. The molecule has 0 aliphatic heterocycles. The van der Waals surface area contributed by atoms with Crippen molar-refractivity contribution in [2.45, 2.75) is 59.4 Å². The smallest absolute Gasteiger partial charge is 0.494 e. The third-order valence-electron chi connectivity index (χ3n) is 4.32. The van der Waals surface area contributed by atoms with Gasteiger partial charge < -0.3 is 22.8 Å². The molecular formula is C23H38O6Si. The number of ether oxygens (including phenoxy) is 2. The highest BCUT2D eigenvalue weighted by atomic mass is 28.4. The van der Waals surface area contributed by atoms with Gasteiger partial charge in [-0.3, -0.25) is 0 Å². The van der Waals surface area contributed by atoms with E-state index in [9.17, 15) is 4.79 Å². The number of esters is 1. The summed E-state index contributed by atoms with van der Waals surface area (Å²) in [6.45, 7) is 10.7. The van der Waals surface area contributed by atoms with Gasteiger partial charge in [-0.15, -0.1) is 0 Å². The van der Waals surface area contributed by atoms with Gasteiger partial charge in [-0.25, -0.2) is 4.79 Å². The van der Waals surface area contributed by atoms with E-state index in [0.29, 0.717) is 33.0 Å². The van der Waals surface area contributed by atoms with Crippen LogP contribution in [0.3, 0.4) is 0 Å². The first-order valence-corrected chi connectivity index (χ1v) is 13.0. The van der Waals surface area contributed by atoms with Crippen LogP contribution in [0.15, 0.2) is 30.3 Å². The Bertz CT molecular complexity index is 585. The van der Waals surface area contributed by atoms with Crippen LogP contribution in [0.2, 0.25) is 6.04 Å². The molecule has 1 aromatic rings. The van der Waals surface area contributed by atoms with E-state index in [1.807, 2.05) is 45.0 Å². The molecule has 0 atom stereocenters. The van der Waals surface area contributed by atoms with E-state index in [1.165, 1.54) is 6.08 Å². The minimum absolute atomic E-state index is 0.332. The van der Waals surface area contributed by atoms with Crippen LogP contribution in [0.25, 0.3) is 6.08 Å². The topological polar surface area (TPSA) is 63.2 Å². The van der Waals surface area contributed by atoms with E-state index in [2.05, 4.69) is 0 Å². The molecule has 7 heteroatoms. The number of carbonyl (C=O) groups is 1. The van der Waals surface area contributed by atoms with Gasteiger partial charge >= 0.3 is 14.8 Å². The van der Waals surface area contributed by atoms with Crippen molar-refractivity contribution in [3.05, 3.63) is 35.9 Å². The van der Waals surface area contributed by atoms with Gasteiger partial charge in [0, 0.05) is 31.9 Å². The molecule has 6 nitrogen and oxygen atoms in total. The highest BCUT2D eigenvalue weighted by Crippen LogP contribution is 2.20. The molecule has 0 saturated heterocycles. The number of rotatable bonds is 17. The van der Waals surface area contributed by atoms with Gasteiger partial charge in [0.15, 0.2) is 0 Å². The number of hydrogen-bond donors (Lipinski definition) is 0. The summed E-state index contributed by atoms with van der Waals surface area (Å²) in [6.07, 6.45) is 7.39. The van der Waals surface area contributed by atoms with Crippen molar-refractivity contribution in [1.82, 2.24) is 0 Å². The second-order valence-electron chi connectivity index (χ2n) is 6.65. The first-order valence-electron chi connectivity index (χ1n) is 11.1. The standard InChI is InChI=1S/C23H38O6Si/c1-5-25-23(24)18-15-21-13-16-22(17-14-21)26-19-11-9-10-12-20-30(27-6-2,28-7-3)29-8-4/h13-18H,5-12,19-20H2,1-4H3. The summed E-state index contributed by atoms with van der Waals surface area (Å²) in [6, 6.07) is 8.53. The van der Waals surface area contributed by atoms with Gasteiger partial charge in [-0.1, -0.05) is 25.0 Å². The van der Waals surface area contributed by atoms with E-state index in [0.717, 1.165) is 43.0 Å². The van der Waals surface area contributed by atoms with Crippen LogP contribution in [0, 0.1) is 0 Å². The molecule has 30 heavy (non-hydrogen) atoms. The van der Waals surface area contributed by atoms with Crippen LogP contribution in [0.4, 0.5) is 0 Å². The van der Waals surface area contributed by atoms with Crippen molar-refractivity contribution >= 4 is 20.8 Å². The van der Waals surface area contributed by atoms with Crippen molar-refractivity contribution in [3.8, 4) is 5.75 Å². The lowest BCUT2D eigenvalue weighted by Gasteiger charge is -2.28. The Morgan fingerprint density at radius 2 is 1.43 bits per heavy atom.